The molecule has 0 radical (unpaired) electrons. The molecule has 82 heavy (non-hydrogen) atoms. The van der Waals surface area contributed by atoms with Gasteiger partial charge in [-0.3, -0.25) is 14.4 Å². The standard InChI is InChI=1S/C76H140O6/c1-4-7-10-13-16-19-22-25-27-29-31-32-33-34-35-36-37-38-39-40-41-42-43-45-46-48-51-54-57-60-63-66-69-75(78)81-72-73(71-80-74(77)68-65-62-59-56-53-50-24-21-18-15-12-9-6-3)82-76(79)70-67-64-61-58-55-52-49-47-44-30-28-26-23-20-17-14-11-8-5-2/h9,12,18,21,50,53,59,62,73H,4-8,10-11,13-17,19-20,22-49,51-52,54-58,60-61,63-72H2,1-3H3/b12-9-,21-18-,53-50-,62-59-. The minimum Gasteiger partial charge on any atom is -0.462 e. The third-order valence-electron chi connectivity index (χ3n) is 16.6. The van der Waals surface area contributed by atoms with Crippen molar-refractivity contribution in [3.05, 3.63) is 48.6 Å². The van der Waals surface area contributed by atoms with Crippen LogP contribution in [0.15, 0.2) is 48.6 Å². The smallest absolute Gasteiger partial charge is 0.306 e. The lowest BCUT2D eigenvalue weighted by atomic mass is 10.0. The Kier molecular flexibility index (Phi) is 68.6. The maximum absolute atomic E-state index is 12.9. The Hall–Kier alpha value is -2.63. The molecule has 0 aliphatic rings. The predicted molar refractivity (Wildman–Crippen MR) is 358 cm³/mol. The highest BCUT2D eigenvalue weighted by Gasteiger charge is 2.19. The SMILES string of the molecule is CC/C=C\C/C=C\C/C=C\C/C=C\CCC(=O)OCC(COC(=O)CCCCCCCCCCCCCCCCCCCCCCCCCCCCCCCCCC)OC(=O)CCCCCCCCCCCCCCCCCCCCC. The number of hydrogen-bond donors (Lipinski definition) is 0. The molecule has 0 aromatic heterocycles. The van der Waals surface area contributed by atoms with E-state index < -0.39 is 6.10 Å². The molecule has 0 saturated heterocycles. The first-order valence-electron chi connectivity index (χ1n) is 36.6. The van der Waals surface area contributed by atoms with Crippen LogP contribution in [-0.2, 0) is 28.6 Å². The zero-order chi connectivity index (χ0) is 59.2. The summed E-state index contributed by atoms with van der Waals surface area (Å²) in [6.45, 7) is 6.54. The molecule has 0 aromatic rings. The van der Waals surface area contributed by atoms with Gasteiger partial charge in [0.15, 0.2) is 6.10 Å². The lowest BCUT2D eigenvalue weighted by Gasteiger charge is -2.18. The summed E-state index contributed by atoms with van der Waals surface area (Å²) in [7, 11) is 0. The van der Waals surface area contributed by atoms with E-state index in [9.17, 15) is 14.4 Å². The van der Waals surface area contributed by atoms with E-state index in [0.29, 0.717) is 19.3 Å². The number of unbranched alkanes of at least 4 members (excludes halogenated alkanes) is 49. The van der Waals surface area contributed by atoms with Crippen molar-refractivity contribution < 1.29 is 28.6 Å². The van der Waals surface area contributed by atoms with Crippen LogP contribution in [0.25, 0.3) is 0 Å². The molecule has 0 heterocycles. The molecule has 0 aliphatic heterocycles. The van der Waals surface area contributed by atoms with Crippen molar-refractivity contribution in [2.24, 2.45) is 0 Å². The molecule has 0 saturated carbocycles. The first kappa shape index (κ1) is 79.4. The van der Waals surface area contributed by atoms with Crippen molar-refractivity contribution in [1.29, 1.82) is 0 Å². The molecule has 0 spiro atoms. The second kappa shape index (κ2) is 70.9. The van der Waals surface area contributed by atoms with E-state index in [1.54, 1.807) is 0 Å². The molecular formula is C76H140O6. The quantitative estimate of drug-likeness (QED) is 0.0261. The van der Waals surface area contributed by atoms with Gasteiger partial charge in [-0.25, -0.2) is 0 Å². The summed E-state index contributed by atoms with van der Waals surface area (Å²) in [5.74, 6) is -0.948. The van der Waals surface area contributed by atoms with E-state index in [4.69, 9.17) is 14.2 Å². The van der Waals surface area contributed by atoms with E-state index in [0.717, 1.165) is 64.2 Å². The zero-order valence-corrected chi connectivity index (χ0v) is 55.3. The molecule has 1 unspecified atom stereocenters. The Morgan fingerprint density at radius 2 is 0.476 bits per heavy atom. The Balaban J connectivity index is 4.14. The molecule has 0 aliphatic carbocycles. The van der Waals surface area contributed by atoms with Crippen LogP contribution in [-0.4, -0.2) is 37.2 Å². The maximum atomic E-state index is 12.9. The maximum Gasteiger partial charge on any atom is 0.306 e. The van der Waals surface area contributed by atoms with Crippen LogP contribution in [0.5, 0.6) is 0 Å². The van der Waals surface area contributed by atoms with Crippen molar-refractivity contribution in [2.75, 3.05) is 13.2 Å². The van der Waals surface area contributed by atoms with Gasteiger partial charge in [-0.2, -0.15) is 0 Å². The molecule has 0 N–H and O–H groups in total. The van der Waals surface area contributed by atoms with Gasteiger partial charge in [0.2, 0.25) is 0 Å². The van der Waals surface area contributed by atoms with Crippen LogP contribution in [0.1, 0.15) is 400 Å². The fraction of sp³-hybridized carbons (Fsp3) is 0.855. The van der Waals surface area contributed by atoms with Gasteiger partial charge in [-0.1, -0.05) is 384 Å². The summed E-state index contributed by atoms with van der Waals surface area (Å²) < 4.78 is 16.9. The summed E-state index contributed by atoms with van der Waals surface area (Å²) in [4.78, 5) is 38.3. The van der Waals surface area contributed by atoms with Crippen LogP contribution in [0.3, 0.4) is 0 Å². The topological polar surface area (TPSA) is 78.9 Å². The second-order valence-corrected chi connectivity index (χ2v) is 24.8. The Morgan fingerprint density at radius 1 is 0.256 bits per heavy atom. The summed E-state index contributed by atoms with van der Waals surface area (Å²) in [5, 5.41) is 0. The van der Waals surface area contributed by atoms with E-state index in [-0.39, 0.29) is 37.5 Å². The molecule has 0 aromatic carbocycles. The predicted octanol–water partition coefficient (Wildman–Crippen LogP) is 25.3. The van der Waals surface area contributed by atoms with E-state index in [1.165, 1.54) is 289 Å². The molecule has 0 amide bonds. The third kappa shape index (κ3) is 68.2. The number of carbonyl (C=O) groups is 3. The third-order valence-corrected chi connectivity index (χ3v) is 16.6. The summed E-state index contributed by atoms with van der Waals surface area (Å²) >= 11 is 0. The Labute approximate surface area is 511 Å². The van der Waals surface area contributed by atoms with Gasteiger partial charge in [0.05, 0.1) is 0 Å². The van der Waals surface area contributed by atoms with Gasteiger partial charge in [-0.15, -0.1) is 0 Å². The fourth-order valence-electron chi connectivity index (χ4n) is 11.2. The largest absolute Gasteiger partial charge is 0.462 e. The molecule has 480 valence electrons. The van der Waals surface area contributed by atoms with Crippen molar-refractivity contribution in [2.45, 2.75) is 406 Å². The van der Waals surface area contributed by atoms with Crippen LogP contribution >= 0.6 is 0 Å². The number of hydrogen-bond acceptors (Lipinski definition) is 6. The van der Waals surface area contributed by atoms with Crippen molar-refractivity contribution >= 4 is 17.9 Å². The number of rotatable bonds is 68. The van der Waals surface area contributed by atoms with Crippen LogP contribution in [0.2, 0.25) is 0 Å². The molecule has 6 heteroatoms. The molecular weight excluding hydrogens is 1010 g/mol. The number of ether oxygens (including phenoxy) is 3. The molecule has 0 fully saturated rings. The number of carbonyl (C=O) groups excluding carboxylic acids is 3. The fourth-order valence-corrected chi connectivity index (χ4v) is 11.2. The summed E-state index contributed by atoms with van der Waals surface area (Å²) in [5.41, 5.74) is 0. The average molecular weight is 1150 g/mol. The monoisotopic (exact) mass is 1150 g/mol. The highest BCUT2D eigenvalue weighted by Crippen LogP contribution is 2.19. The van der Waals surface area contributed by atoms with Crippen molar-refractivity contribution in [3.8, 4) is 0 Å². The lowest BCUT2D eigenvalue weighted by Crippen LogP contribution is -2.30. The van der Waals surface area contributed by atoms with Crippen LogP contribution in [0, 0.1) is 0 Å². The molecule has 1 atom stereocenters. The molecule has 6 nitrogen and oxygen atoms in total. The average Bonchev–Trinajstić information content (AvgIpc) is 3.47. The van der Waals surface area contributed by atoms with E-state index >= 15 is 0 Å². The molecule has 0 bridgehead atoms. The van der Waals surface area contributed by atoms with E-state index in [2.05, 4.69) is 63.3 Å². The first-order chi connectivity index (χ1) is 40.5. The van der Waals surface area contributed by atoms with Gasteiger partial charge >= 0.3 is 17.9 Å². The number of allylic oxidation sites excluding steroid dienone is 8. The minimum absolute atomic E-state index is 0.0897. The highest BCUT2D eigenvalue weighted by atomic mass is 16.6. The zero-order valence-electron chi connectivity index (χ0n) is 55.3. The van der Waals surface area contributed by atoms with Crippen LogP contribution < -0.4 is 0 Å². The normalized spacial score (nSPS) is 12.3. The van der Waals surface area contributed by atoms with Crippen molar-refractivity contribution in [3.63, 3.8) is 0 Å². The van der Waals surface area contributed by atoms with E-state index in [1.807, 2.05) is 6.08 Å². The lowest BCUT2D eigenvalue weighted by molar-refractivity contribution is -0.166. The first-order valence-corrected chi connectivity index (χ1v) is 36.6. The van der Waals surface area contributed by atoms with Gasteiger partial charge in [0.1, 0.15) is 13.2 Å². The van der Waals surface area contributed by atoms with Crippen LogP contribution in [0.4, 0.5) is 0 Å². The van der Waals surface area contributed by atoms with Gasteiger partial charge in [0.25, 0.3) is 0 Å². The summed E-state index contributed by atoms with van der Waals surface area (Å²) in [6.07, 6.45) is 90.5. The Bertz CT molecular complexity index is 1410. The van der Waals surface area contributed by atoms with Crippen molar-refractivity contribution in [1.82, 2.24) is 0 Å². The van der Waals surface area contributed by atoms with Gasteiger partial charge in [-0.05, 0) is 44.9 Å². The molecule has 0 rings (SSSR count). The van der Waals surface area contributed by atoms with Gasteiger partial charge < -0.3 is 14.2 Å². The minimum atomic E-state index is -0.800. The Morgan fingerprint density at radius 3 is 0.744 bits per heavy atom. The number of esters is 3. The highest BCUT2D eigenvalue weighted by molar-refractivity contribution is 5.71. The summed E-state index contributed by atoms with van der Waals surface area (Å²) in [6, 6.07) is 0. The van der Waals surface area contributed by atoms with Gasteiger partial charge in [0, 0.05) is 19.3 Å². The second-order valence-electron chi connectivity index (χ2n) is 24.8.